The monoisotopic (exact) mass is 289 g/mol. The van der Waals surface area contributed by atoms with Crippen LogP contribution in [0.3, 0.4) is 0 Å². The van der Waals surface area contributed by atoms with Crippen LogP contribution in [0.5, 0.6) is 5.75 Å². The molecule has 1 aromatic rings. The van der Waals surface area contributed by atoms with E-state index in [-0.39, 0.29) is 0 Å². The summed E-state index contributed by atoms with van der Waals surface area (Å²) in [6.07, 6.45) is 2.17. The van der Waals surface area contributed by atoms with Crippen molar-refractivity contribution in [1.82, 2.24) is 4.90 Å². The number of halogens is 2. The van der Waals surface area contributed by atoms with Crippen molar-refractivity contribution >= 4 is 23.2 Å². The van der Waals surface area contributed by atoms with Gasteiger partial charge in [0.15, 0.2) is 0 Å². The first-order valence-corrected chi connectivity index (χ1v) is 7.23. The van der Waals surface area contributed by atoms with Crippen LogP contribution in [0.1, 0.15) is 26.7 Å². The predicted molar refractivity (Wildman–Crippen MR) is 79.0 cm³/mol. The molecule has 1 rings (SSSR count). The Balaban J connectivity index is 2.23. The highest BCUT2D eigenvalue weighted by Crippen LogP contribution is 2.27. The van der Waals surface area contributed by atoms with Gasteiger partial charge >= 0.3 is 0 Å². The average molecular weight is 290 g/mol. The van der Waals surface area contributed by atoms with Crippen molar-refractivity contribution < 1.29 is 4.74 Å². The zero-order chi connectivity index (χ0) is 13.4. The molecule has 0 bridgehead atoms. The summed E-state index contributed by atoms with van der Waals surface area (Å²) in [5.41, 5.74) is 0. The minimum atomic E-state index is 0.614. The summed E-state index contributed by atoms with van der Waals surface area (Å²) in [5, 5.41) is 1.26. The molecule has 0 aliphatic rings. The second-order valence-electron chi connectivity index (χ2n) is 4.16. The lowest BCUT2D eigenvalue weighted by atomic mass is 10.3. The van der Waals surface area contributed by atoms with E-state index in [0.29, 0.717) is 22.4 Å². The van der Waals surface area contributed by atoms with Gasteiger partial charge in [-0.2, -0.15) is 0 Å². The molecule has 0 aromatic heterocycles. The fourth-order valence-corrected chi connectivity index (χ4v) is 2.08. The zero-order valence-electron chi connectivity index (χ0n) is 11.1. The molecule has 0 saturated heterocycles. The summed E-state index contributed by atoms with van der Waals surface area (Å²) in [4.78, 5) is 2.41. The van der Waals surface area contributed by atoms with Gasteiger partial charge in [-0.1, -0.05) is 37.0 Å². The fourth-order valence-electron chi connectivity index (χ4n) is 1.75. The molecule has 1 aromatic carbocycles. The van der Waals surface area contributed by atoms with E-state index in [2.05, 4.69) is 18.7 Å². The molecule has 0 aliphatic heterocycles. The molecule has 0 radical (unpaired) electrons. The first-order valence-electron chi connectivity index (χ1n) is 6.47. The molecule has 4 heteroatoms. The van der Waals surface area contributed by atoms with Crippen molar-refractivity contribution in [2.24, 2.45) is 0 Å². The SMILES string of the molecule is CCN(CC)CCCCOc1cc(Cl)ccc1Cl. The van der Waals surface area contributed by atoms with Crippen LogP contribution in [0.2, 0.25) is 10.0 Å². The maximum atomic E-state index is 6.01. The summed E-state index contributed by atoms with van der Waals surface area (Å²) in [5.74, 6) is 0.673. The third kappa shape index (κ3) is 5.47. The van der Waals surface area contributed by atoms with Crippen molar-refractivity contribution in [3.63, 3.8) is 0 Å². The number of nitrogens with zero attached hydrogens (tertiary/aromatic N) is 1. The summed E-state index contributed by atoms with van der Waals surface area (Å²) < 4.78 is 5.63. The molecule has 0 atom stereocenters. The van der Waals surface area contributed by atoms with E-state index in [0.717, 1.165) is 32.5 Å². The Morgan fingerprint density at radius 1 is 1.11 bits per heavy atom. The molecule has 18 heavy (non-hydrogen) atoms. The first kappa shape index (κ1) is 15.6. The van der Waals surface area contributed by atoms with Gasteiger partial charge in [0, 0.05) is 11.1 Å². The Bertz CT molecular complexity index is 354. The van der Waals surface area contributed by atoms with E-state index in [9.17, 15) is 0 Å². The van der Waals surface area contributed by atoms with E-state index >= 15 is 0 Å². The van der Waals surface area contributed by atoms with Crippen LogP contribution in [0.15, 0.2) is 18.2 Å². The zero-order valence-corrected chi connectivity index (χ0v) is 12.6. The van der Waals surface area contributed by atoms with Crippen LogP contribution in [-0.2, 0) is 0 Å². The van der Waals surface area contributed by atoms with Crippen LogP contribution in [0.4, 0.5) is 0 Å². The van der Waals surface area contributed by atoms with Crippen molar-refractivity contribution in [1.29, 1.82) is 0 Å². The van der Waals surface area contributed by atoms with Crippen LogP contribution < -0.4 is 4.74 Å². The number of hydrogen-bond acceptors (Lipinski definition) is 2. The Morgan fingerprint density at radius 2 is 1.83 bits per heavy atom. The van der Waals surface area contributed by atoms with E-state index < -0.39 is 0 Å². The summed E-state index contributed by atoms with van der Waals surface area (Å²) in [7, 11) is 0. The lowest BCUT2D eigenvalue weighted by Gasteiger charge is -2.17. The lowest BCUT2D eigenvalue weighted by Crippen LogP contribution is -2.24. The predicted octanol–water partition coefficient (Wildman–Crippen LogP) is 4.49. The molecule has 102 valence electrons. The molecule has 0 heterocycles. The maximum absolute atomic E-state index is 6.01. The molecule has 2 nitrogen and oxygen atoms in total. The number of hydrogen-bond donors (Lipinski definition) is 0. The molecule has 0 aliphatic carbocycles. The Morgan fingerprint density at radius 3 is 2.50 bits per heavy atom. The van der Waals surface area contributed by atoms with Crippen molar-refractivity contribution in [2.75, 3.05) is 26.2 Å². The van der Waals surface area contributed by atoms with E-state index in [1.54, 1.807) is 18.2 Å². The fraction of sp³-hybridized carbons (Fsp3) is 0.571. The minimum absolute atomic E-state index is 0.614. The molecule has 0 N–H and O–H groups in total. The van der Waals surface area contributed by atoms with Crippen LogP contribution in [0.25, 0.3) is 0 Å². The molecular weight excluding hydrogens is 269 g/mol. The normalized spacial score (nSPS) is 10.9. The van der Waals surface area contributed by atoms with E-state index in [1.165, 1.54) is 0 Å². The van der Waals surface area contributed by atoms with Gasteiger partial charge in [-0.25, -0.2) is 0 Å². The largest absolute Gasteiger partial charge is 0.492 e. The van der Waals surface area contributed by atoms with Crippen molar-refractivity contribution in [3.8, 4) is 5.75 Å². The quantitative estimate of drug-likeness (QED) is 0.654. The molecule has 0 spiro atoms. The van der Waals surface area contributed by atoms with Gasteiger partial charge in [0.25, 0.3) is 0 Å². The second-order valence-corrected chi connectivity index (χ2v) is 5.00. The van der Waals surface area contributed by atoms with Gasteiger partial charge in [-0.05, 0) is 44.6 Å². The minimum Gasteiger partial charge on any atom is -0.492 e. The molecular formula is C14H21Cl2NO. The van der Waals surface area contributed by atoms with Gasteiger partial charge in [-0.3, -0.25) is 0 Å². The lowest BCUT2D eigenvalue weighted by molar-refractivity contribution is 0.266. The smallest absolute Gasteiger partial charge is 0.139 e. The molecule has 0 saturated carbocycles. The highest BCUT2D eigenvalue weighted by Gasteiger charge is 2.03. The highest BCUT2D eigenvalue weighted by molar-refractivity contribution is 6.34. The van der Waals surface area contributed by atoms with Crippen LogP contribution in [-0.4, -0.2) is 31.1 Å². The maximum Gasteiger partial charge on any atom is 0.139 e. The molecule has 0 fully saturated rings. The second kappa shape index (κ2) is 8.63. The first-order chi connectivity index (χ1) is 8.67. The van der Waals surface area contributed by atoms with Gasteiger partial charge in [0.2, 0.25) is 0 Å². The average Bonchev–Trinajstić information content (AvgIpc) is 2.38. The number of rotatable bonds is 8. The van der Waals surface area contributed by atoms with E-state index in [1.807, 2.05) is 0 Å². The third-order valence-electron chi connectivity index (χ3n) is 2.91. The Labute approximate surface area is 120 Å². The summed E-state index contributed by atoms with van der Waals surface area (Å²) >= 11 is 11.9. The summed E-state index contributed by atoms with van der Waals surface area (Å²) in [6, 6.07) is 5.28. The highest BCUT2D eigenvalue weighted by atomic mass is 35.5. The molecule has 0 unspecified atom stereocenters. The van der Waals surface area contributed by atoms with Gasteiger partial charge in [0.05, 0.1) is 11.6 Å². The number of benzene rings is 1. The number of unbranched alkanes of at least 4 members (excludes halogenated alkanes) is 1. The third-order valence-corrected chi connectivity index (χ3v) is 3.46. The van der Waals surface area contributed by atoms with Gasteiger partial charge in [-0.15, -0.1) is 0 Å². The summed E-state index contributed by atoms with van der Waals surface area (Å²) in [6.45, 7) is 8.40. The van der Waals surface area contributed by atoms with Crippen LogP contribution >= 0.6 is 23.2 Å². The number of ether oxygens (including phenoxy) is 1. The van der Waals surface area contributed by atoms with Crippen molar-refractivity contribution in [2.45, 2.75) is 26.7 Å². The van der Waals surface area contributed by atoms with E-state index in [4.69, 9.17) is 27.9 Å². The van der Waals surface area contributed by atoms with Crippen molar-refractivity contribution in [3.05, 3.63) is 28.2 Å². The Kier molecular flexibility index (Phi) is 7.48. The van der Waals surface area contributed by atoms with Gasteiger partial charge in [0.1, 0.15) is 5.75 Å². The topological polar surface area (TPSA) is 12.5 Å². The van der Waals surface area contributed by atoms with Gasteiger partial charge < -0.3 is 9.64 Å². The standard InChI is InChI=1S/C14H21Cl2NO/c1-3-17(4-2)9-5-6-10-18-14-11-12(15)7-8-13(14)16/h7-8,11H,3-6,9-10H2,1-2H3. The Hall–Kier alpha value is -0.440. The molecule has 0 amide bonds. The van der Waals surface area contributed by atoms with Crippen LogP contribution in [0, 0.1) is 0 Å².